The summed E-state index contributed by atoms with van der Waals surface area (Å²) in [5, 5.41) is 0.506. The van der Waals surface area contributed by atoms with Crippen LogP contribution in [0.1, 0.15) is 27.7 Å². The molecule has 0 aromatic rings. The number of epoxide rings is 1. The Bertz CT molecular complexity index is 227. The van der Waals surface area contributed by atoms with Gasteiger partial charge in [0.25, 0.3) is 0 Å². The van der Waals surface area contributed by atoms with Crippen LogP contribution in [0.4, 0.5) is 0 Å². The van der Waals surface area contributed by atoms with E-state index in [0.29, 0.717) is 11.1 Å². The highest BCUT2D eigenvalue weighted by atomic mass is 28.3. The SMILES string of the molecule is C=C[C@H]1O[C@@]1(C)[Si](C)(C)C(C)(C)C. The molecule has 1 aliphatic rings. The first-order valence-corrected chi connectivity index (χ1v) is 7.97. The molecule has 76 valence electrons. The highest BCUT2D eigenvalue weighted by Crippen LogP contribution is 2.54. The van der Waals surface area contributed by atoms with Crippen molar-refractivity contribution in [3.63, 3.8) is 0 Å². The Morgan fingerprint density at radius 1 is 1.38 bits per heavy atom. The van der Waals surface area contributed by atoms with Crippen LogP contribution in [0.25, 0.3) is 0 Å². The van der Waals surface area contributed by atoms with Crippen molar-refractivity contribution < 1.29 is 4.74 Å². The zero-order chi connectivity index (χ0) is 10.5. The molecule has 0 radical (unpaired) electrons. The van der Waals surface area contributed by atoms with Gasteiger partial charge in [-0.15, -0.1) is 6.58 Å². The number of rotatable bonds is 2. The molecular formula is C11H22OSi. The smallest absolute Gasteiger partial charge is 0.101 e. The molecule has 1 aliphatic heterocycles. The molecule has 1 rings (SSSR count). The molecule has 1 fully saturated rings. The Labute approximate surface area is 83.2 Å². The van der Waals surface area contributed by atoms with E-state index in [1.807, 2.05) is 6.08 Å². The fraction of sp³-hybridized carbons (Fsp3) is 0.818. The molecule has 0 N–H and O–H groups in total. The minimum atomic E-state index is -1.37. The van der Waals surface area contributed by atoms with Gasteiger partial charge in [-0.2, -0.15) is 0 Å². The van der Waals surface area contributed by atoms with E-state index in [0.717, 1.165) is 0 Å². The maximum absolute atomic E-state index is 5.79. The molecule has 0 saturated carbocycles. The topological polar surface area (TPSA) is 12.5 Å². The lowest BCUT2D eigenvalue weighted by molar-refractivity contribution is 0.363. The summed E-state index contributed by atoms with van der Waals surface area (Å²) >= 11 is 0. The average Bonchev–Trinajstić information content (AvgIpc) is 2.61. The Morgan fingerprint density at radius 2 is 1.85 bits per heavy atom. The highest BCUT2D eigenvalue weighted by Gasteiger charge is 2.64. The third-order valence-corrected chi connectivity index (χ3v) is 10.8. The van der Waals surface area contributed by atoms with Gasteiger partial charge in [-0.3, -0.25) is 0 Å². The van der Waals surface area contributed by atoms with Crippen LogP contribution in [-0.2, 0) is 4.74 Å². The fourth-order valence-corrected chi connectivity index (χ4v) is 4.49. The van der Waals surface area contributed by atoms with E-state index in [-0.39, 0.29) is 5.22 Å². The Hall–Kier alpha value is -0.0831. The van der Waals surface area contributed by atoms with Gasteiger partial charge in [0, 0.05) is 0 Å². The number of hydrogen-bond acceptors (Lipinski definition) is 1. The van der Waals surface area contributed by atoms with Gasteiger partial charge in [0.15, 0.2) is 0 Å². The Kier molecular flexibility index (Phi) is 2.29. The van der Waals surface area contributed by atoms with Crippen LogP contribution >= 0.6 is 0 Å². The number of ether oxygens (including phenoxy) is 1. The Morgan fingerprint density at radius 3 is 2.08 bits per heavy atom. The van der Waals surface area contributed by atoms with Gasteiger partial charge in [0.2, 0.25) is 0 Å². The van der Waals surface area contributed by atoms with Gasteiger partial charge >= 0.3 is 0 Å². The standard InChI is InChI=1S/C11H22OSi/c1-8-9-11(5,12-9)13(6,7)10(2,3)4/h8-9H,1H2,2-7H3/t9-,11+/m1/s1. The van der Waals surface area contributed by atoms with Crippen molar-refractivity contribution in [2.45, 2.75) is 57.2 Å². The molecule has 1 nitrogen and oxygen atoms in total. The maximum atomic E-state index is 5.79. The molecule has 0 spiro atoms. The van der Waals surface area contributed by atoms with Gasteiger partial charge in [-0.25, -0.2) is 0 Å². The summed E-state index contributed by atoms with van der Waals surface area (Å²) in [5.74, 6) is 0. The van der Waals surface area contributed by atoms with Crippen LogP contribution in [-0.4, -0.2) is 19.4 Å². The summed E-state index contributed by atoms with van der Waals surface area (Å²) in [7, 11) is -1.37. The van der Waals surface area contributed by atoms with E-state index in [1.165, 1.54) is 0 Å². The number of hydrogen-bond donors (Lipinski definition) is 0. The minimum Gasteiger partial charge on any atom is -0.366 e. The van der Waals surface area contributed by atoms with Gasteiger partial charge < -0.3 is 4.74 Å². The molecule has 13 heavy (non-hydrogen) atoms. The van der Waals surface area contributed by atoms with E-state index >= 15 is 0 Å². The van der Waals surface area contributed by atoms with Crippen LogP contribution < -0.4 is 0 Å². The normalized spacial score (nSPS) is 34.5. The molecule has 1 saturated heterocycles. The van der Waals surface area contributed by atoms with Crippen molar-refractivity contribution >= 4 is 8.07 Å². The molecule has 0 aromatic heterocycles. The van der Waals surface area contributed by atoms with E-state index in [9.17, 15) is 0 Å². The summed E-state index contributed by atoms with van der Waals surface area (Å²) in [6, 6.07) is 0. The van der Waals surface area contributed by atoms with Crippen molar-refractivity contribution in [1.29, 1.82) is 0 Å². The molecule has 0 aliphatic carbocycles. The second-order valence-corrected chi connectivity index (χ2v) is 11.5. The molecule has 2 heteroatoms. The quantitative estimate of drug-likeness (QED) is 0.376. The third kappa shape index (κ3) is 1.40. The lowest BCUT2D eigenvalue weighted by Crippen LogP contribution is -2.51. The molecule has 0 aromatic carbocycles. The van der Waals surface area contributed by atoms with E-state index in [1.54, 1.807) is 0 Å². The van der Waals surface area contributed by atoms with Gasteiger partial charge in [0.1, 0.15) is 6.10 Å². The van der Waals surface area contributed by atoms with E-state index in [4.69, 9.17) is 4.74 Å². The molecule has 0 unspecified atom stereocenters. The fourth-order valence-electron chi connectivity index (χ4n) is 1.75. The molecule has 1 heterocycles. The van der Waals surface area contributed by atoms with Crippen LogP contribution in [0.2, 0.25) is 18.1 Å². The second kappa shape index (κ2) is 2.70. The second-order valence-electron chi connectivity index (χ2n) is 5.76. The largest absolute Gasteiger partial charge is 0.366 e. The first-order valence-electron chi connectivity index (χ1n) is 4.97. The van der Waals surface area contributed by atoms with Crippen molar-refractivity contribution in [2.75, 3.05) is 0 Å². The first kappa shape index (κ1) is 11.0. The highest BCUT2D eigenvalue weighted by molar-refractivity contribution is 6.83. The monoisotopic (exact) mass is 198 g/mol. The lowest BCUT2D eigenvalue weighted by atomic mass is 10.2. The third-order valence-electron chi connectivity index (χ3n) is 4.19. The molecule has 2 atom stereocenters. The van der Waals surface area contributed by atoms with E-state index < -0.39 is 8.07 Å². The zero-order valence-corrected chi connectivity index (χ0v) is 10.8. The van der Waals surface area contributed by atoms with Crippen molar-refractivity contribution in [1.82, 2.24) is 0 Å². The van der Waals surface area contributed by atoms with Crippen molar-refractivity contribution in [2.24, 2.45) is 0 Å². The molecular weight excluding hydrogens is 176 g/mol. The van der Waals surface area contributed by atoms with Gasteiger partial charge in [-0.05, 0) is 12.0 Å². The molecule has 0 bridgehead atoms. The predicted molar refractivity (Wildman–Crippen MR) is 60.7 cm³/mol. The van der Waals surface area contributed by atoms with E-state index in [2.05, 4.69) is 47.4 Å². The lowest BCUT2D eigenvalue weighted by Gasteiger charge is -2.40. The van der Waals surface area contributed by atoms with Gasteiger partial charge in [0.05, 0.1) is 13.3 Å². The van der Waals surface area contributed by atoms with Crippen LogP contribution in [0, 0.1) is 0 Å². The summed E-state index contributed by atoms with van der Waals surface area (Å²) in [6.45, 7) is 17.9. The van der Waals surface area contributed by atoms with Crippen LogP contribution in [0.15, 0.2) is 12.7 Å². The van der Waals surface area contributed by atoms with Crippen LogP contribution in [0.5, 0.6) is 0 Å². The van der Waals surface area contributed by atoms with Gasteiger partial charge in [-0.1, -0.05) is 39.9 Å². The Balaban J connectivity index is 2.89. The van der Waals surface area contributed by atoms with Crippen LogP contribution in [0.3, 0.4) is 0 Å². The molecule has 0 amide bonds. The van der Waals surface area contributed by atoms with Crippen molar-refractivity contribution in [3.05, 3.63) is 12.7 Å². The maximum Gasteiger partial charge on any atom is 0.101 e. The summed E-state index contributed by atoms with van der Waals surface area (Å²) in [5.41, 5.74) is 0. The summed E-state index contributed by atoms with van der Waals surface area (Å²) < 4.78 is 5.79. The predicted octanol–water partition coefficient (Wildman–Crippen LogP) is 3.38. The summed E-state index contributed by atoms with van der Waals surface area (Å²) in [4.78, 5) is 0. The zero-order valence-electron chi connectivity index (χ0n) is 9.77. The minimum absolute atomic E-state index is 0.118. The van der Waals surface area contributed by atoms with Crippen molar-refractivity contribution in [3.8, 4) is 0 Å². The average molecular weight is 198 g/mol. The summed E-state index contributed by atoms with van der Waals surface area (Å²) in [6.07, 6.45) is 2.24. The first-order chi connectivity index (χ1) is 5.67.